The van der Waals surface area contributed by atoms with E-state index in [4.69, 9.17) is 27.0 Å². The largest absolute Gasteiger partial charge is 0.485 e. The third-order valence-electron chi connectivity index (χ3n) is 12.2. The minimum absolute atomic E-state index is 0.218. The summed E-state index contributed by atoms with van der Waals surface area (Å²) < 4.78 is 114. The van der Waals surface area contributed by atoms with Gasteiger partial charge in [0.2, 0.25) is 17.7 Å². The molecule has 2 aliphatic heterocycles. The molecule has 0 aliphatic carbocycles. The number of aryl methyl sites for hydroxylation is 1. The van der Waals surface area contributed by atoms with Crippen molar-refractivity contribution in [2.24, 2.45) is 5.41 Å². The number of hydrogen-bond donors (Lipinski definition) is 2. The van der Waals surface area contributed by atoms with Crippen molar-refractivity contribution in [1.82, 2.24) is 25.5 Å². The molecule has 2 unspecified atom stereocenters. The number of aromatic nitrogens is 2. The number of halogens is 7. The Labute approximate surface area is 424 Å². The van der Waals surface area contributed by atoms with E-state index in [-0.39, 0.29) is 30.3 Å². The van der Waals surface area contributed by atoms with E-state index in [2.05, 4.69) is 20.6 Å². The van der Waals surface area contributed by atoms with Crippen LogP contribution in [0, 0.1) is 46.9 Å². The van der Waals surface area contributed by atoms with Gasteiger partial charge in [0.15, 0.2) is 34.1 Å². The van der Waals surface area contributed by atoms with Crippen LogP contribution in [0.3, 0.4) is 0 Å². The maximum atomic E-state index is 15.8. The highest BCUT2D eigenvalue weighted by Crippen LogP contribution is 2.43. The zero-order chi connectivity index (χ0) is 53.3. The highest BCUT2D eigenvalue weighted by Gasteiger charge is 2.52. The summed E-state index contributed by atoms with van der Waals surface area (Å²) in [7, 11) is 0. The number of likely N-dealkylation sites (tertiary alicyclic amines) is 1. The average molecular weight is 1050 g/mol. The lowest BCUT2D eigenvalue weighted by Crippen LogP contribution is -2.58. The van der Waals surface area contributed by atoms with E-state index in [1.807, 2.05) is 31.2 Å². The first-order valence-corrected chi connectivity index (χ1v) is 23.8. The molecule has 73 heavy (non-hydrogen) atoms. The van der Waals surface area contributed by atoms with Crippen molar-refractivity contribution < 1.29 is 59.4 Å². The zero-order valence-electron chi connectivity index (χ0n) is 40.1. The molecule has 2 saturated heterocycles. The number of benzene rings is 3. The van der Waals surface area contributed by atoms with Crippen LogP contribution in [0.4, 0.5) is 42.1 Å². The van der Waals surface area contributed by atoms with Crippen LogP contribution in [-0.4, -0.2) is 87.6 Å². The number of alkyl halides is 3. The van der Waals surface area contributed by atoms with Gasteiger partial charge in [0.05, 0.1) is 51.9 Å². The van der Waals surface area contributed by atoms with E-state index in [1.54, 1.807) is 37.6 Å². The van der Waals surface area contributed by atoms with Crippen LogP contribution < -0.4 is 25.2 Å². The van der Waals surface area contributed by atoms with Gasteiger partial charge >= 0.3 is 6.18 Å². The molecule has 7 rings (SSSR count). The molecular formula is C50H47F7N8O6S2. The summed E-state index contributed by atoms with van der Waals surface area (Å²) in [5.41, 5.74) is -2.92. The number of carbonyl (C=O) groups excluding carboxylic acids is 4. The van der Waals surface area contributed by atoms with Crippen LogP contribution in [0.2, 0.25) is 0 Å². The number of anilines is 2. The number of carbonyl (C=O) groups is 4. The Morgan fingerprint density at radius 2 is 1.66 bits per heavy atom. The third-order valence-corrected chi connectivity index (χ3v) is 13.5. The van der Waals surface area contributed by atoms with E-state index in [9.17, 15) is 32.3 Å². The van der Waals surface area contributed by atoms with E-state index in [0.717, 1.165) is 57.1 Å². The average Bonchev–Trinajstić information content (AvgIpc) is 4.03. The number of thiazole rings is 1. The van der Waals surface area contributed by atoms with E-state index in [1.165, 1.54) is 24.8 Å². The molecule has 4 heterocycles. The predicted octanol–water partition coefficient (Wildman–Crippen LogP) is 8.78. The molecule has 2 fully saturated rings. The fourth-order valence-electron chi connectivity index (χ4n) is 8.49. The molecule has 3 aromatic carbocycles. The number of nitrogens with one attached hydrogen (secondary N) is 2. The molecule has 0 bridgehead atoms. The summed E-state index contributed by atoms with van der Waals surface area (Å²) in [4.78, 5) is 66.3. The van der Waals surface area contributed by atoms with Gasteiger partial charge in [-0.25, -0.2) is 22.5 Å². The van der Waals surface area contributed by atoms with Gasteiger partial charge in [0.1, 0.15) is 42.1 Å². The van der Waals surface area contributed by atoms with Crippen LogP contribution in [0.1, 0.15) is 69.8 Å². The predicted molar refractivity (Wildman–Crippen MR) is 259 cm³/mol. The lowest BCUT2D eigenvalue weighted by atomic mass is 9.85. The molecule has 2 aliphatic rings. The topological polar surface area (TPSA) is 170 Å². The molecule has 2 N–H and O–H groups in total. The van der Waals surface area contributed by atoms with Crippen LogP contribution in [0.5, 0.6) is 5.75 Å². The number of pyridine rings is 1. The van der Waals surface area contributed by atoms with Crippen molar-refractivity contribution in [2.75, 3.05) is 36.2 Å². The van der Waals surface area contributed by atoms with E-state index < -0.39 is 117 Å². The first-order valence-electron chi connectivity index (χ1n) is 22.6. The Kier molecular flexibility index (Phi) is 15.6. The first kappa shape index (κ1) is 53.8. The zero-order valence-corrected chi connectivity index (χ0v) is 41.7. The van der Waals surface area contributed by atoms with E-state index in [0.29, 0.717) is 30.4 Å². The van der Waals surface area contributed by atoms with Crippen LogP contribution in [-0.2, 0) is 36.6 Å². The minimum atomic E-state index is -5.31. The molecule has 2 atom stereocenters. The van der Waals surface area contributed by atoms with E-state index >= 15 is 17.6 Å². The maximum Gasteiger partial charge on any atom is 0.420 e. The number of nitriles is 1. The van der Waals surface area contributed by atoms with Crippen molar-refractivity contribution in [2.45, 2.75) is 84.7 Å². The first-order chi connectivity index (χ1) is 34.3. The smallest absolute Gasteiger partial charge is 0.420 e. The van der Waals surface area contributed by atoms with Crippen LogP contribution >= 0.6 is 23.6 Å². The molecule has 23 heteroatoms. The second-order valence-corrected chi connectivity index (χ2v) is 19.9. The lowest BCUT2D eigenvalue weighted by molar-refractivity contribution is -0.144. The van der Waals surface area contributed by atoms with Crippen molar-refractivity contribution in [3.05, 3.63) is 112 Å². The standard InChI is InChI=1S/C50H47F7N8O6S2/c1-26-42(73-25-61-26)28-11-9-27(10-12-28)22-60-44(67)36-8-7-15-63(36)45(68)43(48(2,3)4)62-37(66)24-70-16-17-71-41-33(52)18-30(19-34(41)53)40-32(51)20-31(23-59-40)65-47(72)64(46(69)49(65,5)6)35-14-13-29(21-58)38(39(35)54)50(55,56)57/h9-14,18-20,23,25,36,43H,7-8,15-17,22,24H2,1-6H3,(H,60,67)(H,62,66). The molecule has 384 valence electrons. The van der Waals surface area contributed by atoms with Crippen molar-refractivity contribution in [3.63, 3.8) is 0 Å². The summed E-state index contributed by atoms with van der Waals surface area (Å²) in [6.45, 7) is 9.01. The number of hydrogen-bond acceptors (Lipinski definition) is 11. The van der Waals surface area contributed by atoms with Gasteiger partial charge in [-0.05, 0) is 86.6 Å². The molecule has 0 radical (unpaired) electrons. The SMILES string of the molecule is Cc1ncsc1-c1ccc(CNC(=O)C2CCCN2C(=O)C(NC(=O)COCCOc2c(F)cc(-c3ncc(N4C(=S)N(c5ccc(C#N)c(C(F)(F)F)c5F)C(=O)C4(C)C)cc3F)cc2F)C(C)(C)C)cc1. The molecule has 4 amide bonds. The van der Waals surface area contributed by atoms with Crippen LogP contribution in [0.15, 0.2) is 66.3 Å². The Bertz CT molecular complexity index is 3010. The Hall–Kier alpha value is -7.03. The second kappa shape index (κ2) is 21.2. The van der Waals surface area contributed by atoms with Gasteiger partial charge in [0.25, 0.3) is 5.91 Å². The molecule has 0 saturated carbocycles. The van der Waals surface area contributed by atoms with Crippen molar-refractivity contribution in [3.8, 4) is 33.5 Å². The van der Waals surface area contributed by atoms with Gasteiger partial charge in [-0.1, -0.05) is 45.0 Å². The van der Waals surface area contributed by atoms with Crippen molar-refractivity contribution in [1.29, 1.82) is 5.26 Å². The maximum absolute atomic E-state index is 15.8. The highest BCUT2D eigenvalue weighted by atomic mass is 32.1. The van der Waals surface area contributed by atoms with Gasteiger partial charge in [-0.15, -0.1) is 11.3 Å². The van der Waals surface area contributed by atoms with Gasteiger partial charge in [-0.3, -0.25) is 29.1 Å². The summed E-state index contributed by atoms with van der Waals surface area (Å²) in [5, 5.41) is 14.2. The molecule has 2 aromatic heterocycles. The van der Waals surface area contributed by atoms with Crippen LogP contribution in [0.25, 0.3) is 21.7 Å². The summed E-state index contributed by atoms with van der Waals surface area (Å²) >= 11 is 6.93. The number of rotatable bonds is 15. The fourth-order valence-corrected chi connectivity index (χ4v) is 9.82. The fraction of sp³-hybridized carbons (Fsp3) is 0.360. The summed E-state index contributed by atoms with van der Waals surface area (Å²) in [5.74, 6) is -8.92. The quantitative estimate of drug-likeness (QED) is 0.0584. The second-order valence-electron chi connectivity index (χ2n) is 18.7. The highest BCUT2D eigenvalue weighted by molar-refractivity contribution is 7.81. The summed E-state index contributed by atoms with van der Waals surface area (Å²) in [6, 6.07) is 11.0. The third kappa shape index (κ3) is 11.2. The minimum Gasteiger partial charge on any atom is -0.485 e. The Morgan fingerprint density at radius 1 is 0.973 bits per heavy atom. The summed E-state index contributed by atoms with van der Waals surface area (Å²) in [6.07, 6.45) is -3.30. The lowest BCUT2D eigenvalue weighted by Gasteiger charge is -2.35. The number of thiocarbonyl (C=S) groups is 1. The molecule has 14 nitrogen and oxygen atoms in total. The normalized spacial score (nSPS) is 16.2. The number of amides is 4. The number of ether oxygens (including phenoxy) is 2. The van der Waals surface area contributed by atoms with Gasteiger partial charge in [-0.2, -0.15) is 18.4 Å². The van der Waals surface area contributed by atoms with Gasteiger partial charge in [0, 0.05) is 24.7 Å². The Balaban J connectivity index is 0.925. The molecule has 0 spiro atoms. The molecular weight excluding hydrogens is 1010 g/mol. The van der Waals surface area contributed by atoms with Gasteiger partial charge < -0.3 is 29.9 Å². The molecule has 5 aromatic rings. The number of nitrogens with zero attached hydrogens (tertiary/aromatic N) is 6. The van der Waals surface area contributed by atoms with Crippen molar-refractivity contribution >= 4 is 63.7 Å². The monoisotopic (exact) mass is 1050 g/mol. The Morgan fingerprint density at radius 3 is 2.26 bits per heavy atom.